The number of aliphatic hydroxyl groups is 1. The first kappa shape index (κ1) is 30.2. The van der Waals surface area contributed by atoms with Gasteiger partial charge in [0.15, 0.2) is 0 Å². The van der Waals surface area contributed by atoms with Crippen LogP contribution in [-0.4, -0.2) is 103 Å². The number of aromatic nitrogens is 1. The van der Waals surface area contributed by atoms with Gasteiger partial charge in [-0.25, -0.2) is 4.98 Å². The Morgan fingerprint density at radius 2 is 1.00 bits per heavy atom. The molecule has 0 unspecified atom stereocenters. The maximum Gasteiger partial charge on any atom is 0.213 e. The van der Waals surface area contributed by atoms with E-state index in [-0.39, 0.29) is 6.61 Å². The predicted molar refractivity (Wildman–Crippen MR) is 128 cm³/mol. The Morgan fingerprint density at radius 3 is 1.42 bits per heavy atom. The molecule has 0 fully saturated rings. The van der Waals surface area contributed by atoms with Crippen molar-refractivity contribution < 1.29 is 38.3 Å². The Hall–Kier alpha value is -0.850. The highest BCUT2D eigenvalue weighted by atomic mass is 79.9. The minimum Gasteiger partial charge on any atom is -0.475 e. The van der Waals surface area contributed by atoms with Crippen LogP contribution in [0.3, 0.4) is 0 Å². The molecule has 1 aromatic heterocycles. The molecule has 0 amide bonds. The third-order valence-electron chi connectivity index (χ3n) is 4.19. The molecule has 1 rings (SSSR count). The van der Waals surface area contributed by atoms with E-state index in [0.29, 0.717) is 91.8 Å². The van der Waals surface area contributed by atoms with Crippen molar-refractivity contribution in [2.45, 2.75) is 25.7 Å². The van der Waals surface area contributed by atoms with Crippen LogP contribution in [0.1, 0.15) is 25.7 Å². The zero-order valence-electron chi connectivity index (χ0n) is 19.6. The largest absolute Gasteiger partial charge is 0.475 e. The minimum atomic E-state index is 0.217. The van der Waals surface area contributed by atoms with Crippen LogP contribution >= 0.6 is 15.9 Å². The van der Waals surface area contributed by atoms with E-state index < -0.39 is 0 Å². The molecule has 0 bridgehead atoms. The summed E-state index contributed by atoms with van der Waals surface area (Å²) >= 11 is 3.34. The van der Waals surface area contributed by atoms with Crippen LogP contribution in [0, 0.1) is 0 Å². The number of nitrogens with zero attached hydrogens (tertiary/aromatic N) is 1. The summed E-state index contributed by atoms with van der Waals surface area (Å²) in [5.74, 6) is 0.599. The molecule has 0 aliphatic heterocycles. The van der Waals surface area contributed by atoms with E-state index in [4.69, 9.17) is 38.3 Å². The Kier molecular flexibility index (Phi) is 22.2. The molecule has 0 radical (unpaired) electrons. The molecule has 0 atom stereocenters. The lowest BCUT2D eigenvalue weighted by molar-refractivity contribution is -0.0118. The van der Waals surface area contributed by atoms with Crippen LogP contribution in [0.15, 0.2) is 22.8 Å². The van der Waals surface area contributed by atoms with Crippen LogP contribution < -0.4 is 4.74 Å². The number of hydrogen-bond acceptors (Lipinski definition) is 9. The molecule has 1 aromatic rings. The van der Waals surface area contributed by atoms with Gasteiger partial charge in [-0.05, 0) is 47.7 Å². The summed E-state index contributed by atoms with van der Waals surface area (Å²) in [6, 6.07) is 3.71. The molecule has 1 heterocycles. The van der Waals surface area contributed by atoms with Gasteiger partial charge in [0.25, 0.3) is 0 Å². The van der Waals surface area contributed by atoms with Crippen LogP contribution in [0.5, 0.6) is 5.88 Å². The van der Waals surface area contributed by atoms with Crippen molar-refractivity contribution in [2.24, 2.45) is 0 Å². The highest BCUT2D eigenvalue weighted by Gasteiger charge is 1.97. The van der Waals surface area contributed by atoms with Crippen molar-refractivity contribution in [3.05, 3.63) is 22.8 Å². The SMILES string of the molecule is OCCCCOCCOCCOCCOCCOCCCCOCCOc1ccc(Br)cn1. The quantitative estimate of drug-likeness (QED) is 0.189. The van der Waals surface area contributed by atoms with Crippen LogP contribution in [-0.2, 0) is 28.4 Å². The summed E-state index contributed by atoms with van der Waals surface area (Å²) < 4.78 is 39.2. The average Bonchev–Trinajstić information content (AvgIpc) is 2.83. The summed E-state index contributed by atoms with van der Waals surface area (Å²) in [7, 11) is 0. The first-order valence-corrected chi connectivity index (χ1v) is 12.4. The summed E-state index contributed by atoms with van der Waals surface area (Å²) in [4.78, 5) is 4.13. The number of pyridine rings is 1. The van der Waals surface area contributed by atoms with Crippen LogP contribution in [0.2, 0.25) is 0 Å². The minimum absolute atomic E-state index is 0.217. The Bertz CT molecular complexity index is 524. The summed E-state index contributed by atoms with van der Waals surface area (Å²) in [5, 5.41) is 8.65. The lowest BCUT2D eigenvalue weighted by Crippen LogP contribution is -2.13. The number of unbranched alkanes of at least 4 members (excludes halogenated alkanes) is 2. The molecule has 0 saturated carbocycles. The highest BCUT2D eigenvalue weighted by Crippen LogP contribution is 2.11. The van der Waals surface area contributed by atoms with Crippen molar-refractivity contribution in [2.75, 3.05) is 92.5 Å². The maximum absolute atomic E-state index is 8.65. The van der Waals surface area contributed by atoms with Gasteiger partial charge in [-0.15, -0.1) is 0 Å². The monoisotopic (exact) mass is 537 g/mol. The van der Waals surface area contributed by atoms with Gasteiger partial charge in [0, 0.05) is 43.2 Å². The molecule has 1 N–H and O–H groups in total. The molecule has 0 aliphatic carbocycles. The van der Waals surface area contributed by atoms with E-state index in [1.54, 1.807) is 6.20 Å². The fraction of sp³-hybridized carbons (Fsp3) is 0.783. The van der Waals surface area contributed by atoms with E-state index in [1.807, 2.05) is 12.1 Å². The van der Waals surface area contributed by atoms with Crippen molar-refractivity contribution in [1.29, 1.82) is 0 Å². The number of hydrogen-bond donors (Lipinski definition) is 1. The lowest BCUT2D eigenvalue weighted by Gasteiger charge is -2.08. The highest BCUT2D eigenvalue weighted by molar-refractivity contribution is 9.10. The third-order valence-corrected chi connectivity index (χ3v) is 4.66. The molecule has 0 saturated heterocycles. The standard InChI is InChI=1S/C23H40BrNO8/c24-22-5-6-23(25-21-22)33-20-19-29-10-4-3-9-28-12-14-31-16-18-32-17-15-30-13-11-27-8-2-1-7-26/h5-6,21,26H,1-4,7-20H2. The van der Waals surface area contributed by atoms with Crippen molar-refractivity contribution >= 4 is 15.9 Å². The third kappa shape index (κ3) is 21.4. The van der Waals surface area contributed by atoms with E-state index >= 15 is 0 Å². The normalized spacial score (nSPS) is 11.2. The van der Waals surface area contributed by atoms with E-state index in [9.17, 15) is 0 Å². The van der Waals surface area contributed by atoms with Crippen LogP contribution in [0.25, 0.3) is 0 Å². The summed E-state index contributed by atoms with van der Waals surface area (Å²) in [6.45, 7) is 7.74. The second-order valence-electron chi connectivity index (χ2n) is 6.98. The van der Waals surface area contributed by atoms with Gasteiger partial charge in [0.05, 0.1) is 59.5 Å². The van der Waals surface area contributed by atoms with Gasteiger partial charge in [-0.1, -0.05) is 0 Å². The lowest BCUT2D eigenvalue weighted by atomic mass is 10.3. The number of rotatable bonds is 25. The second kappa shape index (κ2) is 24.3. The molecule has 0 aromatic carbocycles. The topological polar surface area (TPSA) is 97.7 Å². The van der Waals surface area contributed by atoms with Gasteiger partial charge in [0.2, 0.25) is 5.88 Å². The number of ether oxygens (including phenoxy) is 7. The van der Waals surface area contributed by atoms with E-state index in [0.717, 1.165) is 30.2 Å². The molecule has 33 heavy (non-hydrogen) atoms. The number of aliphatic hydroxyl groups excluding tert-OH is 1. The molecular weight excluding hydrogens is 498 g/mol. The van der Waals surface area contributed by atoms with Gasteiger partial charge < -0.3 is 38.3 Å². The smallest absolute Gasteiger partial charge is 0.213 e. The second-order valence-corrected chi connectivity index (χ2v) is 7.89. The fourth-order valence-electron chi connectivity index (χ4n) is 2.46. The zero-order valence-corrected chi connectivity index (χ0v) is 21.2. The summed E-state index contributed by atoms with van der Waals surface area (Å²) in [6.07, 6.45) is 5.26. The van der Waals surface area contributed by atoms with Gasteiger partial charge in [-0.2, -0.15) is 0 Å². The fourth-order valence-corrected chi connectivity index (χ4v) is 2.70. The molecule has 192 valence electrons. The van der Waals surface area contributed by atoms with Crippen molar-refractivity contribution in [3.63, 3.8) is 0 Å². The van der Waals surface area contributed by atoms with Gasteiger partial charge in [0.1, 0.15) is 6.61 Å². The van der Waals surface area contributed by atoms with E-state index in [1.165, 1.54) is 0 Å². The number of halogens is 1. The first-order valence-electron chi connectivity index (χ1n) is 11.6. The molecule has 10 heteroatoms. The predicted octanol–water partition coefficient (Wildman–Crippen LogP) is 2.88. The molecule has 9 nitrogen and oxygen atoms in total. The van der Waals surface area contributed by atoms with Crippen molar-refractivity contribution in [3.8, 4) is 5.88 Å². The Labute approximate surface area is 206 Å². The molecule has 0 aliphatic rings. The zero-order chi connectivity index (χ0) is 23.7. The average molecular weight is 538 g/mol. The summed E-state index contributed by atoms with van der Waals surface area (Å²) in [5.41, 5.74) is 0. The Morgan fingerprint density at radius 1 is 0.576 bits per heavy atom. The Balaban J connectivity index is 1.66. The van der Waals surface area contributed by atoms with E-state index in [2.05, 4.69) is 20.9 Å². The van der Waals surface area contributed by atoms with Crippen molar-refractivity contribution in [1.82, 2.24) is 4.98 Å². The first-order chi connectivity index (χ1) is 16.3. The molecule has 0 spiro atoms. The molecular formula is C23H40BrNO8. The maximum atomic E-state index is 8.65. The van der Waals surface area contributed by atoms with Crippen LogP contribution in [0.4, 0.5) is 0 Å². The van der Waals surface area contributed by atoms with Gasteiger partial charge in [-0.3, -0.25) is 0 Å². The van der Waals surface area contributed by atoms with Gasteiger partial charge >= 0.3 is 0 Å².